The number of aromatic nitrogens is 1. The van der Waals surface area contributed by atoms with Gasteiger partial charge in [0.15, 0.2) is 0 Å². The number of benzene rings is 1. The van der Waals surface area contributed by atoms with Crippen LogP contribution in [0.1, 0.15) is 42.5 Å². The molecule has 3 rings (SSSR count). The van der Waals surface area contributed by atoms with Crippen molar-refractivity contribution < 1.29 is 14.0 Å². The van der Waals surface area contributed by atoms with E-state index in [2.05, 4.69) is 31.5 Å². The number of pyridine rings is 1. The molecule has 1 saturated carbocycles. The lowest BCUT2D eigenvalue weighted by Crippen LogP contribution is -2.25. The van der Waals surface area contributed by atoms with E-state index in [1.165, 1.54) is 24.4 Å². The second-order valence-electron chi connectivity index (χ2n) is 6.36. The fourth-order valence-electron chi connectivity index (χ4n) is 3.04. The average molecular weight is 420 g/mol. The number of nitrogens with one attached hydrogen (secondary N) is 2. The maximum atomic E-state index is 14.1. The molecule has 1 aliphatic carbocycles. The Hall–Kier alpha value is -2.28. The second kappa shape index (κ2) is 8.40. The minimum absolute atomic E-state index is 0.0748. The lowest BCUT2D eigenvalue weighted by molar-refractivity contribution is -0.120. The van der Waals surface area contributed by atoms with Crippen molar-refractivity contribution in [3.05, 3.63) is 52.5 Å². The smallest absolute Gasteiger partial charge is 0.257 e. The van der Waals surface area contributed by atoms with Crippen LogP contribution in [0, 0.1) is 11.7 Å². The van der Waals surface area contributed by atoms with E-state index in [9.17, 15) is 14.0 Å². The quantitative estimate of drug-likeness (QED) is 0.750. The molecule has 1 aliphatic rings. The van der Waals surface area contributed by atoms with Crippen molar-refractivity contribution in [2.75, 3.05) is 10.6 Å². The first kappa shape index (κ1) is 18.5. The molecule has 0 saturated heterocycles. The number of carbonyl (C=O) groups is 2. The highest BCUT2D eigenvalue weighted by molar-refractivity contribution is 9.10. The van der Waals surface area contributed by atoms with Gasteiger partial charge in [-0.2, -0.15) is 0 Å². The van der Waals surface area contributed by atoms with Crippen LogP contribution in [0.4, 0.5) is 15.8 Å². The first-order chi connectivity index (χ1) is 12.5. The van der Waals surface area contributed by atoms with Gasteiger partial charge in [-0.3, -0.25) is 14.6 Å². The highest BCUT2D eigenvalue weighted by Crippen LogP contribution is 2.26. The molecule has 2 N–H and O–H groups in total. The summed E-state index contributed by atoms with van der Waals surface area (Å²) in [5, 5.41) is 5.35. The van der Waals surface area contributed by atoms with E-state index in [4.69, 9.17) is 0 Å². The molecule has 0 bridgehead atoms. The van der Waals surface area contributed by atoms with Crippen LogP contribution in [0.2, 0.25) is 0 Å². The molecule has 1 fully saturated rings. The van der Waals surface area contributed by atoms with Gasteiger partial charge in [0, 0.05) is 28.5 Å². The summed E-state index contributed by atoms with van der Waals surface area (Å²) in [6.07, 6.45) is 7.88. The largest absolute Gasteiger partial charge is 0.323 e. The van der Waals surface area contributed by atoms with Gasteiger partial charge >= 0.3 is 0 Å². The van der Waals surface area contributed by atoms with Crippen molar-refractivity contribution in [1.29, 1.82) is 0 Å². The van der Waals surface area contributed by atoms with Crippen LogP contribution < -0.4 is 10.6 Å². The SMILES string of the molecule is O=C(Nc1ccc(F)c(NC(=O)C2CCCCC2)c1)c1cncc(Br)c1. The third-order valence-electron chi connectivity index (χ3n) is 4.43. The maximum absolute atomic E-state index is 14.1. The third-order valence-corrected chi connectivity index (χ3v) is 4.86. The minimum Gasteiger partial charge on any atom is -0.323 e. The topological polar surface area (TPSA) is 71.1 Å². The fraction of sp³-hybridized carbons (Fsp3) is 0.316. The molecule has 1 aromatic heterocycles. The Morgan fingerprint density at radius 1 is 1.08 bits per heavy atom. The van der Waals surface area contributed by atoms with Crippen molar-refractivity contribution in [3.8, 4) is 0 Å². The Morgan fingerprint density at radius 2 is 1.85 bits per heavy atom. The van der Waals surface area contributed by atoms with Crippen molar-refractivity contribution in [1.82, 2.24) is 4.98 Å². The van der Waals surface area contributed by atoms with Crippen molar-refractivity contribution in [3.63, 3.8) is 0 Å². The first-order valence-corrected chi connectivity index (χ1v) is 9.34. The summed E-state index contributed by atoms with van der Waals surface area (Å²) in [6, 6.07) is 5.75. The van der Waals surface area contributed by atoms with Crippen LogP contribution in [0.3, 0.4) is 0 Å². The molecule has 2 aromatic rings. The van der Waals surface area contributed by atoms with E-state index < -0.39 is 5.82 Å². The standard InChI is InChI=1S/C19H19BrFN3O2/c20-14-8-13(10-22-11-14)19(26)23-15-6-7-16(21)17(9-15)24-18(25)12-4-2-1-3-5-12/h6-12H,1-5H2,(H,23,26)(H,24,25). The molecule has 0 radical (unpaired) electrons. The summed E-state index contributed by atoms with van der Waals surface area (Å²) in [6.45, 7) is 0. The monoisotopic (exact) mass is 419 g/mol. The van der Waals surface area contributed by atoms with Gasteiger partial charge < -0.3 is 10.6 Å². The van der Waals surface area contributed by atoms with E-state index in [0.29, 0.717) is 15.7 Å². The molecule has 26 heavy (non-hydrogen) atoms. The number of halogens is 2. The predicted octanol–water partition coefficient (Wildman–Crippen LogP) is 4.75. The molecule has 0 atom stereocenters. The Kier molecular flexibility index (Phi) is 5.98. The molecular formula is C19H19BrFN3O2. The number of anilines is 2. The molecule has 136 valence electrons. The first-order valence-electron chi connectivity index (χ1n) is 8.55. The number of amides is 2. The van der Waals surface area contributed by atoms with Crippen molar-refractivity contribution in [2.24, 2.45) is 5.92 Å². The lowest BCUT2D eigenvalue weighted by Gasteiger charge is -2.21. The summed E-state index contributed by atoms with van der Waals surface area (Å²) in [4.78, 5) is 28.6. The molecule has 0 spiro atoms. The number of carbonyl (C=O) groups excluding carboxylic acids is 2. The van der Waals surface area contributed by atoms with Gasteiger partial charge in [0.1, 0.15) is 5.82 Å². The lowest BCUT2D eigenvalue weighted by atomic mass is 9.88. The summed E-state index contributed by atoms with van der Waals surface area (Å²) in [5.41, 5.74) is 0.845. The third kappa shape index (κ3) is 4.66. The number of hydrogen-bond donors (Lipinski definition) is 2. The Morgan fingerprint density at radius 3 is 2.58 bits per heavy atom. The summed E-state index contributed by atoms with van der Waals surface area (Å²) < 4.78 is 14.8. The maximum Gasteiger partial charge on any atom is 0.257 e. The molecule has 7 heteroatoms. The molecule has 0 aliphatic heterocycles. The number of hydrogen-bond acceptors (Lipinski definition) is 3. The van der Waals surface area contributed by atoms with Gasteiger partial charge in [0.25, 0.3) is 5.91 Å². The van der Waals surface area contributed by atoms with E-state index in [0.717, 1.165) is 32.1 Å². The van der Waals surface area contributed by atoms with Crippen LogP contribution in [0.5, 0.6) is 0 Å². The van der Waals surface area contributed by atoms with Gasteiger partial charge in [-0.1, -0.05) is 19.3 Å². The summed E-state index contributed by atoms with van der Waals surface area (Å²) >= 11 is 3.26. The molecule has 2 amide bonds. The van der Waals surface area contributed by atoms with E-state index in [-0.39, 0.29) is 23.4 Å². The van der Waals surface area contributed by atoms with Crippen LogP contribution in [-0.4, -0.2) is 16.8 Å². The van der Waals surface area contributed by atoms with Crippen LogP contribution in [0.15, 0.2) is 41.1 Å². The zero-order chi connectivity index (χ0) is 18.5. The molecule has 1 heterocycles. The van der Waals surface area contributed by atoms with Gasteiger partial charge in [-0.15, -0.1) is 0 Å². The number of nitrogens with zero attached hydrogens (tertiary/aromatic N) is 1. The Balaban J connectivity index is 1.70. The van der Waals surface area contributed by atoms with Crippen LogP contribution in [0.25, 0.3) is 0 Å². The molecule has 5 nitrogen and oxygen atoms in total. The fourth-order valence-corrected chi connectivity index (χ4v) is 3.40. The highest BCUT2D eigenvalue weighted by Gasteiger charge is 2.22. The summed E-state index contributed by atoms with van der Waals surface area (Å²) in [5.74, 6) is -1.14. The van der Waals surface area contributed by atoms with Gasteiger partial charge in [0.2, 0.25) is 5.91 Å². The van der Waals surface area contributed by atoms with Crippen molar-refractivity contribution >= 4 is 39.1 Å². The Bertz CT molecular complexity index is 822. The number of rotatable bonds is 4. The van der Waals surface area contributed by atoms with Gasteiger partial charge in [0.05, 0.1) is 11.3 Å². The zero-order valence-corrected chi connectivity index (χ0v) is 15.7. The Labute approximate surface area is 159 Å². The molecule has 1 aromatic carbocycles. The highest BCUT2D eigenvalue weighted by atomic mass is 79.9. The average Bonchev–Trinajstić information content (AvgIpc) is 2.65. The second-order valence-corrected chi connectivity index (χ2v) is 7.28. The molecule has 0 unspecified atom stereocenters. The van der Waals surface area contributed by atoms with Crippen LogP contribution in [-0.2, 0) is 4.79 Å². The molecular weight excluding hydrogens is 401 g/mol. The van der Waals surface area contributed by atoms with E-state index in [1.54, 1.807) is 12.3 Å². The van der Waals surface area contributed by atoms with E-state index in [1.807, 2.05) is 0 Å². The van der Waals surface area contributed by atoms with Gasteiger partial charge in [-0.25, -0.2) is 4.39 Å². The minimum atomic E-state index is -0.531. The van der Waals surface area contributed by atoms with E-state index >= 15 is 0 Å². The summed E-state index contributed by atoms with van der Waals surface area (Å²) in [7, 11) is 0. The predicted molar refractivity (Wildman–Crippen MR) is 101 cm³/mol. The van der Waals surface area contributed by atoms with Crippen LogP contribution >= 0.6 is 15.9 Å². The normalized spacial score (nSPS) is 14.7. The van der Waals surface area contributed by atoms with Crippen molar-refractivity contribution in [2.45, 2.75) is 32.1 Å². The van der Waals surface area contributed by atoms with Gasteiger partial charge in [-0.05, 0) is 53.0 Å². The zero-order valence-electron chi connectivity index (χ0n) is 14.1.